The van der Waals surface area contributed by atoms with Gasteiger partial charge >= 0.3 is 0 Å². The molecule has 1 aromatic rings. The molecule has 1 aliphatic rings. The lowest BCUT2D eigenvalue weighted by Crippen LogP contribution is -1.80. The number of phenolic OH excluding ortho intramolecular Hbond substituents is 1. The molecule has 11 heavy (non-hydrogen) atoms. The first kappa shape index (κ1) is 6.71. The number of benzene rings is 1. The highest BCUT2D eigenvalue weighted by Gasteiger charge is 2.35. The topological polar surface area (TPSA) is 20.2 Å². The van der Waals surface area contributed by atoms with Crippen molar-refractivity contribution in [1.29, 1.82) is 0 Å². The third-order valence-electron chi connectivity index (χ3n) is 2.45. The molecule has 0 amide bonds. The Balaban J connectivity index is 2.31. The third kappa shape index (κ3) is 1.11. The summed E-state index contributed by atoms with van der Waals surface area (Å²) in [5.74, 6) is 1.85. The monoisotopic (exact) mass is 148 g/mol. The van der Waals surface area contributed by atoms with Crippen LogP contribution in [0.1, 0.15) is 24.8 Å². The molecule has 58 valence electrons. The lowest BCUT2D eigenvalue weighted by Gasteiger charge is -2.00. The Kier molecular flexibility index (Phi) is 1.38. The highest BCUT2D eigenvalue weighted by Crippen LogP contribution is 2.49. The van der Waals surface area contributed by atoms with E-state index >= 15 is 0 Å². The lowest BCUT2D eigenvalue weighted by atomic mass is 10.1. The van der Waals surface area contributed by atoms with E-state index in [0.29, 0.717) is 11.7 Å². The van der Waals surface area contributed by atoms with Crippen molar-refractivity contribution >= 4 is 0 Å². The molecule has 0 unspecified atom stereocenters. The minimum absolute atomic E-state index is 0.460. The first-order valence-corrected chi connectivity index (χ1v) is 4.07. The average molecular weight is 148 g/mol. The summed E-state index contributed by atoms with van der Waals surface area (Å²) in [7, 11) is 0. The molecule has 2 atom stereocenters. The Morgan fingerprint density at radius 1 is 1.36 bits per heavy atom. The minimum Gasteiger partial charge on any atom is -0.508 e. The molecule has 0 bridgehead atoms. The molecular formula is C10H12O. The van der Waals surface area contributed by atoms with Crippen molar-refractivity contribution in [2.24, 2.45) is 5.92 Å². The summed E-state index contributed by atoms with van der Waals surface area (Å²) in [5, 5.41) is 9.44. The fourth-order valence-electron chi connectivity index (χ4n) is 1.56. The average Bonchev–Trinajstić information content (AvgIpc) is 2.68. The van der Waals surface area contributed by atoms with Crippen LogP contribution in [0.5, 0.6) is 5.75 Å². The molecule has 0 aliphatic heterocycles. The van der Waals surface area contributed by atoms with Gasteiger partial charge in [-0.05, 0) is 29.9 Å². The first-order valence-electron chi connectivity index (χ1n) is 4.07. The Morgan fingerprint density at radius 3 is 2.55 bits per heavy atom. The zero-order chi connectivity index (χ0) is 7.84. The summed E-state index contributed by atoms with van der Waals surface area (Å²) in [6.07, 6.45) is 1.23. The summed E-state index contributed by atoms with van der Waals surface area (Å²) < 4.78 is 0. The van der Waals surface area contributed by atoms with E-state index in [-0.39, 0.29) is 0 Å². The molecule has 1 aromatic carbocycles. The zero-order valence-electron chi connectivity index (χ0n) is 6.62. The predicted molar refractivity (Wildman–Crippen MR) is 44.6 cm³/mol. The normalized spacial score (nSPS) is 28.5. The molecule has 1 heteroatoms. The number of hydrogen-bond acceptors (Lipinski definition) is 1. The van der Waals surface area contributed by atoms with Crippen molar-refractivity contribution in [3.63, 3.8) is 0 Å². The lowest BCUT2D eigenvalue weighted by molar-refractivity contribution is 0.467. The predicted octanol–water partition coefficient (Wildman–Crippen LogP) is 2.52. The van der Waals surface area contributed by atoms with Crippen molar-refractivity contribution < 1.29 is 5.11 Å². The third-order valence-corrected chi connectivity index (χ3v) is 2.45. The van der Waals surface area contributed by atoms with E-state index in [1.54, 1.807) is 6.07 Å². The van der Waals surface area contributed by atoms with E-state index in [9.17, 15) is 5.11 Å². The Labute approximate surface area is 66.7 Å². The van der Waals surface area contributed by atoms with E-state index in [0.717, 1.165) is 11.5 Å². The first-order chi connectivity index (χ1) is 5.29. The van der Waals surface area contributed by atoms with E-state index in [1.807, 2.05) is 18.2 Å². The van der Waals surface area contributed by atoms with Crippen LogP contribution >= 0.6 is 0 Å². The van der Waals surface area contributed by atoms with Gasteiger partial charge in [0.15, 0.2) is 0 Å². The molecular weight excluding hydrogens is 136 g/mol. The van der Waals surface area contributed by atoms with Gasteiger partial charge in [-0.15, -0.1) is 0 Å². The number of aromatic hydroxyl groups is 1. The molecule has 0 saturated heterocycles. The Hall–Kier alpha value is -0.980. The van der Waals surface area contributed by atoms with Crippen LogP contribution in [-0.4, -0.2) is 5.11 Å². The number of phenols is 1. The second-order valence-electron chi connectivity index (χ2n) is 3.38. The second-order valence-corrected chi connectivity index (χ2v) is 3.38. The fraction of sp³-hybridized carbons (Fsp3) is 0.400. The molecule has 2 rings (SSSR count). The van der Waals surface area contributed by atoms with Gasteiger partial charge in [0.2, 0.25) is 0 Å². The highest BCUT2D eigenvalue weighted by molar-refractivity contribution is 5.38. The fourth-order valence-corrected chi connectivity index (χ4v) is 1.56. The standard InChI is InChI=1S/C10H12O/c1-7-6-9(7)8-4-2-3-5-10(8)11/h2-5,7,9,11H,6H2,1H3/t7-,9+/m1/s1. The molecule has 0 radical (unpaired) electrons. The molecule has 1 nitrogen and oxygen atoms in total. The number of hydrogen-bond donors (Lipinski definition) is 1. The number of para-hydroxylation sites is 1. The quantitative estimate of drug-likeness (QED) is 0.648. The van der Waals surface area contributed by atoms with E-state index in [2.05, 4.69) is 6.92 Å². The Morgan fingerprint density at radius 2 is 2.00 bits per heavy atom. The van der Waals surface area contributed by atoms with E-state index < -0.39 is 0 Å². The maximum absolute atomic E-state index is 9.44. The van der Waals surface area contributed by atoms with Gasteiger partial charge in [0.1, 0.15) is 5.75 Å². The highest BCUT2D eigenvalue weighted by atomic mass is 16.3. The summed E-state index contributed by atoms with van der Waals surface area (Å²) in [4.78, 5) is 0. The van der Waals surface area contributed by atoms with Gasteiger partial charge in [-0.2, -0.15) is 0 Å². The molecule has 0 aromatic heterocycles. The largest absolute Gasteiger partial charge is 0.508 e. The summed E-state index contributed by atoms with van der Waals surface area (Å²) >= 11 is 0. The van der Waals surface area contributed by atoms with Crippen molar-refractivity contribution in [2.75, 3.05) is 0 Å². The molecule has 1 fully saturated rings. The minimum atomic E-state index is 0.460. The second kappa shape index (κ2) is 2.26. The van der Waals surface area contributed by atoms with E-state index in [4.69, 9.17) is 0 Å². The van der Waals surface area contributed by atoms with Crippen molar-refractivity contribution in [3.8, 4) is 5.75 Å². The maximum Gasteiger partial charge on any atom is 0.119 e. The molecule has 1 aliphatic carbocycles. The van der Waals surface area contributed by atoms with Crippen molar-refractivity contribution in [3.05, 3.63) is 29.8 Å². The van der Waals surface area contributed by atoms with Crippen LogP contribution in [0.2, 0.25) is 0 Å². The number of rotatable bonds is 1. The van der Waals surface area contributed by atoms with Crippen LogP contribution in [0.4, 0.5) is 0 Å². The van der Waals surface area contributed by atoms with Crippen LogP contribution in [0.15, 0.2) is 24.3 Å². The van der Waals surface area contributed by atoms with Crippen molar-refractivity contribution in [2.45, 2.75) is 19.3 Å². The SMILES string of the molecule is C[C@@H]1C[C@@H]1c1ccccc1O. The molecule has 0 spiro atoms. The molecule has 0 heterocycles. The zero-order valence-corrected chi connectivity index (χ0v) is 6.62. The van der Waals surface area contributed by atoms with Crippen LogP contribution in [-0.2, 0) is 0 Å². The van der Waals surface area contributed by atoms with Gasteiger partial charge in [-0.25, -0.2) is 0 Å². The van der Waals surface area contributed by atoms with Crippen LogP contribution in [0, 0.1) is 5.92 Å². The van der Waals surface area contributed by atoms with E-state index in [1.165, 1.54) is 6.42 Å². The molecule has 1 N–H and O–H groups in total. The molecule has 1 saturated carbocycles. The van der Waals surface area contributed by atoms with Gasteiger partial charge in [-0.1, -0.05) is 25.1 Å². The van der Waals surface area contributed by atoms with Crippen molar-refractivity contribution in [1.82, 2.24) is 0 Å². The van der Waals surface area contributed by atoms with Gasteiger partial charge in [0.25, 0.3) is 0 Å². The maximum atomic E-state index is 9.44. The van der Waals surface area contributed by atoms with Crippen LogP contribution in [0.25, 0.3) is 0 Å². The van der Waals surface area contributed by atoms with Crippen LogP contribution in [0.3, 0.4) is 0 Å². The summed E-state index contributed by atoms with van der Waals surface area (Å²) in [6, 6.07) is 7.63. The smallest absolute Gasteiger partial charge is 0.119 e. The van der Waals surface area contributed by atoms with Gasteiger partial charge in [0, 0.05) is 0 Å². The Bertz CT molecular complexity index is 267. The van der Waals surface area contributed by atoms with Gasteiger partial charge < -0.3 is 5.11 Å². The summed E-state index contributed by atoms with van der Waals surface area (Å²) in [5.41, 5.74) is 1.13. The van der Waals surface area contributed by atoms with Gasteiger partial charge in [0.05, 0.1) is 0 Å². The van der Waals surface area contributed by atoms with Crippen LogP contribution < -0.4 is 0 Å². The van der Waals surface area contributed by atoms with Gasteiger partial charge in [-0.3, -0.25) is 0 Å². The summed E-state index contributed by atoms with van der Waals surface area (Å²) in [6.45, 7) is 2.22.